The lowest BCUT2D eigenvalue weighted by molar-refractivity contribution is 0.0212. The molecule has 4 rings (SSSR count). The summed E-state index contributed by atoms with van der Waals surface area (Å²) >= 11 is 0. The highest BCUT2D eigenvalue weighted by Gasteiger charge is 2.26. The molecule has 0 radical (unpaired) electrons. The summed E-state index contributed by atoms with van der Waals surface area (Å²) in [5.41, 5.74) is 5.04. The zero-order valence-corrected chi connectivity index (χ0v) is 19.7. The second-order valence-corrected chi connectivity index (χ2v) is 8.84. The van der Waals surface area contributed by atoms with E-state index in [9.17, 15) is 9.50 Å². The molecule has 1 N–H and O–H groups in total. The van der Waals surface area contributed by atoms with Gasteiger partial charge in [0.2, 0.25) is 0 Å². The molecule has 3 aromatic carbocycles. The number of aliphatic hydroxyl groups is 1. The average molecular weight is 463 g/mol. The van der Waals surface area contributed by atoms with E-state index in [1.165, 1.54) is 12.1 Å². The Kier molecular flexibility index (Phi) is 7.93. The summed E-state index contributed by atoms with van der Waals surface area (Å²) in [5, 5.41) is 15.1. The highest BCUT2D eigenvalue weighted by molar-refractivity contribution is 6.02. The summed E-state index contributed by atoms with van der Waals surface area (Å²) in [6.45, 7) is 5.60. The van der Waals surface area contributed by atoms with Gasteiger partial charge in [-0.25, -0.2) is 4.39 Å². The van der Waals surface area contributed by atoms with E-state index in [0.717, 1.165) is 33.7 Å². The number of aryl methyl sites for hydroxylation is 2. The van der Waals surface area contributed by atoms with Gasteiger partial charge in [-0.15, -0.1) is 0 Å². The van der Waals surface area contributed by atoms with Crippen molar-refractivity contribution in [2.45, 2.75) is 39.0 Å². The van der Waals surface area contributed by atoms with Crippen molar-refractivity contribution in [3.05, 3.63) is 101 Å². The molecular weight excluding hydrogens is 431 g/mol. The molecule has 5 nitrogen and oxygen atoms in total. The fraction of sp³-hybridized carbons (Fsp3) is 0.321. The summed E-state index contributed by atoms with van der Waals surface area (Å²) in [4.78, 5) is 7.82. The van der Waals surface area contributed by atoms with Gasteiger partial charge in [-0.1, -0.05) is 59.8 Å². The van der Waals surface area contributed by atoms with Crippen LogP contribution in [0.1, 0.15) is 28.7 Å². The van der Waals surface area contributed by atoms with Crippen molar-refractivity contribution in [1.29, 1.82) is 0 Å². The third-order valence-corrected chi connectivity index (χ3v) is 5.94. The SMILES string of the molecule is Cc1ccccc1OC[C@H](O)CN(Cc1cccc(F)c1)C[C@H]1CC(c2ccccc2C)=NO1. The fourth-order valence-corrected chi connectivity index (χ4v) is 4.22. The predicted molar refractivity (Wildman–Crippen MR) is 132 cm³/mol. The number of rotatable bonds is 10. The van der Waals surface area contributed by atoms with Crippen LogP contribution in [0.15, 0.2) is 78.0 Å². The Balaban J connectivity index is 1.40. The number of hydrogen-bond donors (Lipinski definition) is 1. The standard InChI is InChI=1S/C28H31FN2O3/c1-20-8-3-5-12-26(20)27-15-25(34-30-27)18-31(16-22-10-7-11-23(29)14-22)17-24(32)19-33-28-13-6-4-9-21(28)2/h3-14,24-25,32H,15-19H2,1-2H3/t24-,25-/m1/s1. The van der Waals surface area contributed by atoms with Crippen molar-refractivity contribution >= 4 is 5.71 Å². The van der Waals surface area contributed by atoms with Gasteiger partial charge in [-0.2, -0.15) is 0 Å². The number of benzene rings is 3. The molecule has 0 saturated carbocycles. The predicted octanol–water partition coefficient (Wildman–Crippen LogP) is 4.88. The summed E-state index contributed by atoms with van der Waals surface area (Å²) < 4.78 is 19.6. The smallest absolute Gasteiger partial charge is 0.145 e. The highest BCUT2D eigenvalue weighted by atomic mass is 19.1. The number of hydrogen-bond acceptors (Lipinski definition) is 5. The maximum Gasteiger partial charge on any atom is 0.145 e. The zero-order valence-electron chi connectivity index (χ0n) is 19.7. The van der Waals surface area contributed by atoms with Gasteiger partial charge in [0.1, 0.15) is 30.4 Å². The van der Waals surface area contributed by atoms with E-state index in [1.54, 1.807) is 6.07 Å². The first-order chi connectivity index (χ1) is 16.5. The zero-order chi connectivity index (χ0) is 23.9. The monoisotopic (exact) mass is 462 g/mol. The summed E-state index contributed by atoms with van der Waals surface area (Å²) in [6.07, 6.45) is -0.181. The Morgan fingerprint density at radius 2 is 1.82 bits per heavy atom. The minimum Gasteiger partial charge on any atom is -0.491 e. The van der Waals surface area contributed by atoms with Crippen LogP contribution in [0, 0.1) is 19.7 Å². The Hall–Kier alpha value is -3.22. The van der Waals surface area contributed by atoms with Crippen LogP contribution in [0.3, 0.4) is 0 Å². The average Bonchev–Trinajstić information content (AvgIpc) is 3.27. The first kappa shape index (κ1) is 23.9. The molecule has 0 spiro atoms. The van der Waals surface area contributed by atoms with E-state index in [4.69, 9.17) is 9.57 Å². The lowest BCUT2D eigenvalue weighted by Crippen LogP contribution is -2.39. The third-order valence-electron chi connectivity index (χ3n) is 5.94. The molecule has 0 bridgehead atoms. The van der Waals surface area contributed by atoms with Crippen LogP contribution in [0.4, 0.5) is 4.39 Å². The van der Waals surface area contributed by atoms with Gasteiger partial charge in [0, 0.05) is 31.6 Å². The van der Waals surface area contributed by atoms with E-state index >= 15 is 0 Å². The highest BCUT2D eigenvalue weighted by Crippen LogP contribution is 2.21. The molecule has 0 fully saturated rings. The number of nitrogens with zero attached hydrogens (tertiary/aromatic N) is 2. The van der Waals surface area contributed by atoms with Crippen molar-refractivity contribution in [2.24, 2.45) is 5.16 Å². The van der Waals surface area contributed by atoms with Gasteiger partial charge in [0.15, 0.2) is 0 Å². The lowest BCUT2D eigenvalue weighted by Gasteiger charge is -2.27. The van der Waals surface area contributed by atoms with Gasteiger partial charge in [-0.3, -0.25) is 4.90 Å². The van der Waals surface area contributed by atoms with Gasteiger partial charge in [0.25, 0.3) is 0 Å². The van der Waals surface area contributed by atoms with E-state index in [1.807, 2.05) is 49.4 Å². The van der Waals surface area contributed by atoms with Crippen LogP contribution in [-0.2, 0) is 11.4 Å². The van der Waals surface area contributed by atoms with Gasteiger partial charge >= 0.3 is 0 Å². The Bertz CT molecular complexity index is 1130. The normalized spacial score (nSPS) is 16.3. The molecule has 1 aliphatic heterocycles. The Labute approximate surface area is 200 Å². The second kappa shape index (κ2) is 11.3. The molecule has 178 valence electrons. The third kappa shape index (κ3) is 6.43. The van der Waals surface area contributed by atoms with Crippen molar-refractivity contribution in [2.75, 3.05) is 19.7 Å². The first-order valence-corrected chi connectivity index (χ1v) is 11.6. The van der Waals surface area contributed by atoms with E-state index in [2.05, 4.69) is 29.1 Å². The van der Waals surface area contributed by atoms with Crippen molar-refractivity contribution in [1.82, 2.24) is 4.90 Å². The molecule has 0 amide bonds. The number of halogens is 1. The molecule has 6 heteroatoms. The van der Waals surface area contributed by atoms with Gasteiger partial charge in [-0.05, 0) is 48.7 Å². The quantitative estimate of drug-likeness (QED) is 0.467. The van der Waals surface area contributed by atoms with E-state index in [0.29, 0.717) is 26.1 Å². The molecule has 2 atom stereocenters. The van der Waals surface area contributed by atoms with Gasteiger partial charge < -0.3 is 14.7 Å². The minimum atomic E-state index is -0.716. The summed E-state index contributed by atoms with van der Waals surface area (Å²) in [6, 6.07) is 22.4. The van der Waals surface area contributed by atoms with E-state index < -0.39 is 6.10 Å². The van der Waals surface area contributed by atoms with Crippen molar-refractivity contribution < 1.29 is 19.1 Å². The van der Waals surface area contributed by atoms with Crippen molar-refractivity contribution in [3.8, 4) is 5.75 Å². The van der Waals surface area contributed by atoms with Crippen LogP contribution >= 0.6 is 0 Å². The van der Waals surface area contributed by atoms with Crippen LogP contribution in [0.2, 0.25) is 0 Å². The first-order valence-electron chi connectivity index (χ1n) is 11.6. The maximum absolute atomic E-state index is 13.8. The maximum atomic E-state index is 13.8. The Morgan fingerprint density at radius 3 is 2.59 bits per heavy atom. The topological polar surface area (TPSA) is 54.3 Å². The van der Waals surface area contributed by atoms with Crippen LogP contribution in [-0.4, -0.2) is 47.6 Å². The van der Waals surface area contributed by atoms with E-state index in [-0.39, 0.29) is 18.5 Å². The summed E-state index contributed by atoms with van der Waals surface area (Å²) in [7, 11) is 0. The Morgan fingerprint density at radius 1 is 1.06 bits per heavy atom. The fourth-order valence-electron chi connectivity index (χ4n) is 4.22. The molecule has 0 aromatic heterocycles. The van der Waals surface area contributed by atoms with Crippen LogP contribution in [0.25, 0.3) is 0 Å². The molecule has 0 aliphatic carbocycles. The molecule has 1 heterocycles. The molecule has 1 aliphatic rings. The van der Waals surface area contributed by atoms with Crippen LogP contribution < -0.4 is 4.74 Å². The molecule has 3 aromatic rings. The molecule has 0 saturated heterocycles. The number of oxime groups is 1. The van der Waals surface area contributed by atoms with Gasteiger partial charge in [0.05, 0.1) is 5.71 Å². The largest absolute Gasteiger partial charge is 0.491 e. The molecular formula is C28H31FN2O3. The lowest BCUT2D eigenvalue weighted by atomic mass is 10.00. The minimum absolute atomic E-state index is 0.146. The number of ether oxygens (including phenoxy) is 1. The van der Waals surface area contributed by atoms with Crippen LogP contribution in [0.5, 0.6) is 5.75 Å². The number of para-hydroxylation sites is 1. The second-order valence-electron chi connectivity index (χ2n) is 8.84. The van der Waals surface area contributed by atoms with Crippen molar-refractivity contribution in [3.63, 3.8) is 0 Å². The molecule has 0 unspecified atom stereocenters. The molecule has 34 heavy (non-hydrogen) atoms. The summed E-state index contributed by atoms with van der Waals surface area (Å²) in [5.74, 6) is 0.483. The number of aliphatic hydroxyl groups excluding tert-OH is 1.